The van der Waals surface area contributed by atoms with Crippen LogP contribution in [0.5, 0.6) is 0 Å². The molecule has 0 radical (unpaired) electrons. The standard InChI is InChI=1S/C22H26N4O4S/c1-3-22(2)8-16-13(11-30-22)7-15-18-19(31-20(15)25-16)21(28)26(12-24-18)10-17(27)23-9-14-5-4-6-29-14/h7,12,14H,3-6,8-11H2,1-2H3,(H,23,27)/t14-,22+/m1/s1. The topological polar surface area (TPSA) is 95.3 Å². The van der Waals surface area contributed by atoms with Gasteiger partial charge in [0.2, 0.25) is 5.91 Å². The van der Waals surface area contributed by atoms with Crippen molar-refractivity contribution in [3.63, 3.8) is 0 Å². The SMILES string of the molecule is CC[C@@]1(C)Cc2nc3sc4c(=O)n(CC(=O)NC[C@H]5CCCO5)cnc4c3cc2CO1. The molecule has 1 amide bonds. The lowest BCUT2D eigenvalue weighted by Crippen LogP contribution is -2.36. The zero-order valence-electron chi connectivity index (χ0n) is 17.8. The first kappa shape index (κ1) is 20.5. The zero-order chi connectivity index (χ0) is 21.6. The number of ether oxygens (including phenoxy) is 2. The minimum atomic E-state index is -0.218. The summed E-state index contributed by atoms with van der Waals surface area (Å²) in [5.41, 5.74) is 2.31. The Hall–Kier alpha value is -2.36. The fraction of sp³-hybridized carbons (Fsp3) is 0.545. The number of amides is 1. The van der Waals surface area contributed by atoms with Crippen molar-refractivity contribution >= 4 is 37.7 Å². The molecule has 5 rings (SSSR count). The van der Waals surface area contributed by atoms with E-state index in [1.54, 1.807) is 0 Å². The summed E-state index contributed by atoms with van der Waals surface area (Å²) >= 11 is 1.34. The second kappa shape index (κ2) is 7.96. The second-order valence-corrected chi connectivity index (χ2v) is 9.61. The summed E-state index contributed by atoms with van der Waals surface area (Å²) in [6.45, 7) is 5.90. The summed E-state index contributed by atoms with van der Waals surface area (Å²) in [5, 5.41) is 3.72. The lowest BCUT2D eigenvalue weighted by Gasteiger charge is -2.33. The first-order valence-electron chi connectivity index (χ1n) is 10.8. The van der Waals surface area contributed by atoms with Crippen molar-refractivity contribution in [2.24, 2.45) is 0 Å². The van der Waals surface area contributed by atoms with E-state index in [0.717, 1.165) is 53.8 Å². The fourth-order valence-electron chi connectivity index (χ4n) is 4.19. The number of nitrogens with one attached hydrogen (secondary N) is 1. The third-order valence-electron chi connectivity index (χ3n) is 6.34. The molecular formula is C22H26N4O4S. The number of pyridine rings is 1. The maximum atomic E-state index is 13.0. The van der Waals surface area contributed by atoms with Gasteiger partial charge >= 0.3 is 0 Å². The van der Waals surface area contributed by atoms with Crippen LogP contribution in [0.1, 0.15) is 44.4 Å². The molecule has 2 aliphatic rings. The van der Waals surface area contributed by atoms with Crippen LogP contribution in [-0.2, 0) is 33.8 Å². The Morgan fingerprint density at radius 1 is 1.45 bits per heavy atom. The molecule has 164 valence electrons. The number of hydrogen-bond acceptors (Lipinski definition) is 7. The van der Waals surface area contributed by atoms with Gasteiger partial charge in [0.25, 0.3) is 5.56 Å². The zero-order valence-corrected chi connectivity index (χ0v) is 18.6. The van der Waals surface area contributed by atoms with Crippen LogP contribution in [-0.4, -0.2) is 45.3 Å². The third kappa shape index (κ3) is 3.86. The van der Waals surface area contributed by atoms with E-state index < -0.39 is 0 Å². The van der Waals surface area contributed by atoms with Crippen molar-refractivity contribution in [1.29, 1.82) is 0 Å². The number of thiophene rings is 1. The predicted octanol–water partition coefficient (Wildman–Crippen LogP) is 2.54. The van der Waals surface area contributed by atoms with Crippen LogP contribution < -0.4 is 10.9 Å². The molecule has 0 aliphatic carbocycles. The van der Waals surface area contributed by atoms with Gasteiger partial charge in [0.05, 0.1) is 35.8 Å². The smallest absolute Gasteiger partial charge is 0.271 e. The van der Waals surface area contributed by atoms with E-state index in [2.05, 4.69) is 30.2 Å². The van der Waals surface area contributed by atoms with E-state index in [-0.39, 0.29) is 29.7 Å². The molecule has 1 N–H and O–H groups in total. The Morgan fingerprint density at radius 3 is 3.10 bits per heavy atom. The molecule has 9 heteroatoms. The van der Waals surface area contributed by atoms with Crippen LogP contribution in [0.3, 0.4) is 0 Å². The largest absolute Gasteiger partial charge is 0.376 e. The summed E-state index contributed by atoms with van der Waals surface area (Å²) in [6.07, 6.45) is 5.17. The molecule has 3 aromatic rings. The highest BCUT2D eigenvalue weighted by Gasteiger charge is 2.31. The first-order chi connectivity index (χ1) is 15.0. The van der Waals surface area contributed by atoms with Crippen LogP contribution in [0.2, 0.25) is 0 Å². The molecule has 3 aromatic heterocycles. The van der Waals surface area contributed by atoms with Gasteiger partial charge in [-0.15, -0.1) is 11.3 Å². The molecule has 2 aliphatic heterocycles. The van der Waals surface area contributed by atoms with Gasteiger partial charge in [0.1, 0.15) is 16.1 Å². The maximum absolute atomic E-state index is 13.0. The summed E-state index contributed by atoms with van der Waals surface area (Å²) in [5.74, 6) is -0.218. The normalized spacial score (nSPS) is 23.4. The fourth-order valence-corrected chi connectivity index (χ4v) is 5.27. The predicted molar refractivity (Wildman–Crippen MR) is 118 cm³/mol. The summed E-state index contributed by atoms with van der Waals surface area (Å²) in [4.78, 5) is 35.5. The van der Waals surface area contributed by atoms with E-state index in [9.17, 15) is 9.59 Å². The quantitative estimate of drug-likeness (QED) is 0.653. The van der Waals surface area contributed by atoms with Gasteiger partial charge in [-0.1, -0.05) is 6.92 Å². The molecule has 0 aromatic carbocycles. The molecule has 1 fully saturated rings. The van der Waals surface area contributed by atoms with Gasteiger partial charge in [0, 0.05) is 30.5 Å². The minimum Gasteiger partial charge on any atom is -0.376 e. The molecular weight excluding hydrogens is 416 g/mol. The molecule has 0 spiro atoms. The Balaban J connectivity index is 1.42. The lowest BCUT2D eigenvalue weighted by molar-refractivity contribution is -0.122. The highest BCUT2D eigenvalue weighted by molar-refractivity contribution is 7.25. The van der Waals surface area contributed by atoms with Crippen LogP contribution in [0.4, 0.5) is 0 Å². The van der Waals surface area contributed by atoms with Gasteiger partial charge in [-0.25, -0.2) is 9.97 Å². The number of nitrogens with zero attached hydrogens (tertiary/aromatic N) is 3. The van der Waals surface area contributed by atoms with Gasteiger partial charge in [0.15, 0.2) is 0 Å². The Labute approximate surface area is 183 Å². The Kier molecular flexibility index (Phi) is 5.27. The maximum Gasteiger partial charge on any atom is 0.271 e. The van der Waals surface area contributed by atoms with Crippen molar-refractivity contribution in [3.05, 3.63) is 34.0 Å². The number of carbonyl (C=O) groups is 1. The van der Waals surface area contributed by atoms with Gasteiger partial charge < -0.3 is 14.8 Å². The number of hydrogen-bond donors (Lipinski definition) is 1. The molecule has 0 unspecified atom stereocenters. The molecule has 1 saturated heterocycles. The number of carbonyl (C=O) groups excluding carboxylic acids is 1. The molecule has 8 nitrogen and oxygen atoms in total. The molecule has 31 heavy (non-hydrogen) atoms. The lowest BCUT2D eigenvalue weighted by atomic mass is 9.91. The van der Waals surface area contributed by atoms with Crippen molar-refractivity contribution in [2.75, 3.05) is 13.2 Å². The average Bonchev–Trinajstić information content (AvgIpc) is 3.41. The Morgan fingerprint density at radius 2 is 2.32 bits per heavy atom. The van der Waals surface area contributed by atoms with Crippen molar-refractivity contribution in [3.8, 4) is 0 Å². The summed E-state index contributed by atoms with van der Waals surface area (Å²) < 4.78 is 13.5. The molecule has 0 saturated carbocycles. The van der Waals surface area contributed by atoms with Crippen molar-refractivity contribution < 1.29 is 14.3 Å². The number of rotatable bonds is 5. The van der Waals surface area contributed by atoms with Gasteiger partial charge in [-0.3, -0.25) is 14.2 Å². The van der Waals surface area contributed by atoms with Crippen LogP contribution in [0.15, 0.2) is 17.2 Å². The summed E-state index contributed by atoms with van der Waals surface area (Å²) in [6, 6.07) is 2.05. The van der Waals surface area contributed by atoms with E-state index in [1.165, 1.54) is 22.2 Å². The van der Waals surface area contributed by atoms with Crippen LogP contribution >= 0.6 is 11.3 Å². The van der Waals surface area contributed by atoms with Gasteiger partial charge in [-0.2, -0.15) is 0 Å². The average molecular weight is 443 g/mol. The number of fused-ring (bicyclic) bond motifs is 4. The third-order valence-corrected chi connectivity index (χ3v) is 7.41. The molecule has 2 atom stereocenters. The first-order valence-corrected chi connectivity index (χ1v) is 11.6. The van der Waals surface area contributed by atoms with Crippen molar-refractivity contribution in [2.45, 2.75) is 64.4 Å². The van der Waals surface area contributed by atoms with Gasteiger partial charge in [-0.05, 0) is 32.3 Å². The van der Waals surface area contributed by atoms with E-state index >= 15 is 0 Å². The van der Waals surface area contributed by atoms with Crippen LogP contribution in [0, 0.1) is 0 Å². The Bertz CT molecular complexity index is 1210. The molecule has 5 heterocycles. The highest BCUT2D eigenvalue weighted by Crippen LogP contribution is 2.35. The van der Waals surface area contributed by atoms with E-state index in [4.69, 9.17) is 14.5 Å². The van der Waals surface area contributed by atoms with E-state index in [1.807, 2.05) is 0 Å². The van der Waals surface area contributed by atoms with Crippen LogP contribution in [0.25, 0.3) is 20.4 Å². The second-order valence-electron chi connectivity index (χ2n) is 8.61. The monoisotopic (exact) mass is 442 g/mol. The van der Waals surface area contributed by atoms with E-state index in [0.29, 0.717) is 23.4 Å². The highest BCUT2D eigenvalue weighted by atomic mass is 32.1. The number of aromatic nitrogens is 3. The minimum absolute atomic E-state index is 0.0602. The molecule has 0 bridgehead atoms. The summed E-state index contributed by atoms with van der Waals surface area (Å²) in [7, 11) is 0. The van der Waals surface area contributed by atoms with Crippen molar-refractivity contribution in [1.82, 2.24) is 19.9 Å².